The lowest BCUT2D eigenvalue weighted by Gasteiger charge is -2.24. The summed E-state index contributed by atoms with van der Waals surface area (Å²) >= 11 is 0. The number of carbonyl (C=O) groups is 2. The number of sulfonamides is 1. The van der Waals surface area contributed by atoms with Crippen LogP contribution in [0.4, 0.5) is 0 Å². The predicted octanol–water partition coefficient (Wildman–Crippen LogP) is -0.731. The number of ether oxygens (including phenoxy) is 1. The van der Waals surface area contributed by atoms with Gasteiger partial charge in [-0.3, -0.25) is 14.9 Å². The van der Waals surface area contributed by atoms with Crippen LogP contribution in [-0.2, 0) is 26.0 Å². The zero-order valence-corrected chi connectivity index (χ0v) is 11.3. The van der Waals surface area contributed by atoms with Crippen LogP contribution >= 0.6 is 0 Å². The third-order valence-corrected chi connectivity index (χ3v) is 5.01. The van der Waals surface area contributed by atoms with Crippen molar-refractivity contribution in [2.45, 2.75) is 11.3 Å². The molecule has 2 amide bonds. The fraction of sp³-hybridized carbons (Fsp3) is 0.333. The van der Waals surface area contributed by atoms with Crippen LogP contribution in [0.2, 0.25) is 0 Å². The summed E-state index contributed by atoms with van der Waals surface area (Å²) in [5.74, 6) is -0.556. The highest BCUT2D eigenvalue weighted by Gasteiger charge is 2.33. The van der Waals surface area contributed by atoms with E-state index in [4.69, 9.17) is 4.74 Å². The zero-order valence-electron chi connectivity index (χ0n) is 10.5. The Bertz CT molecular complexity index is 682. The van der Waals surface area contributed by atoms with Gasteiger partial charge in [0.2, 0.25) is 21.8 Å². The number of nitrogens with zero attached hydrogens (tertiary/aromatic N) is 1. The third kappa shape index (κ3) is 2.16. The Kier molecular flexibility index (Phi) is 2.98. The number of carbonyl (C=O) groups excluding carboxylic acids is 2. The maximum atomic E-state index is 12.4. The van der Waals surface area contributed by atoms with Gasteiger partial charge in [-0.1, -0.05) is 0 Å². The fourth-order valence-corrected chi connectivity index (χ4v) is 3.66. The largest absolute Gasteiger partial charge is 0.493 e. The number of rotatable bonds is 2. The van der Waals surface area contributed by atoms with E-state index in [-0.39, 0.29) is 18.0 Å². The molecule has 8 heteroatoms. The first-order chi connectivity index (χ1) is 9.46. The number of hydrogen-bond acceptors (Lipinski definition) is 5. The van der Waals surface area contributed by atoms with Gasteiger partial charge in [0.1, 0.15) is 5.75 Å². The van der Waals surface area contributed by atoms with Crippen LogP contribution in [0.5, 0.6) is 5.75 Å². The molecule has 1 fully saturated rings. The Morgan fingerprint density at radius 3 is 2.55 bits per heavy atom. The lowest BCUT2D eigenvalue weighted by molar-refractivity contribution is -0.134. The third-order valence-electron chi connectivity index (χ3n) is 3.22. The molecule has 2 aliphatic rings. The maximum Gasteiger partial charge on any atom is 0.244 e. The van der Waals surface area contributed by atoms with Crippen molar-refractivity contribution in [2.75, 3.05) is 19.7 Å². The molecule has 106 valence electrons. The van der Waals surface area contributed by atoms with Crippen LogP contribution in [0.25, 0.3) is 0 Å². The number of amides is 2. The highest BCUT2D eigenvalue weighted by molar-refractivity contribution is 7.89. The van der Waals surface area contributed by atoms with Crippen LogP contribution in [0, 0.1) is 0 Å². The minimum atomic E-state index is -3.85. The summed E-state index contributed by atoms with van der Waals surface area (Å²) in [6, 6.07) is 4.56. The van der Waals surface area contributed by atoms with Crippen LogP contribution in [-0.4, -0.2) is 44.2 Å². The summed E-state index contributed by atoms with van der Waals surface area (Å²) < 4.78 is 31.1. The average molecular weight is 296 g/mol. The Hall–Kier alpha value is -1.93. The van der Waals surface area contributed by atoms with Crippen molar-refractivity contribution in [3.05, 3.63) is 23.8 Å². The maximum absolute atomic E-state index is 12.4. The molecule has 0 radical (unpaired) electrons. The molecule has 3 rings (SSSR count). The molecule has 1 saturated heterocycles. The smallest absolute Gasteiger partial charge is 0.244 e. The van der Waals surface area contributed by atoms with E-state index in [1.165, 1.54) is 12.1 Å². The van der Waals surface area contributed by atoms with Gasteiger partial charge in [-0.2, -0.15) is 4.31 Å². The van der Waals surface area contributed by atoms with E-state index in [0.29, 0.717) is 18.8 Å². The summed E-state index contributed by atoms with van der Waals surface area (Å²) in [5, 5.41) is 2.07. The molecule has 20 heavy (non-hydrogen) atoms. The van der Waals surface area contributed by atoms with Gasteiger partial charge in [-0.05, 0) is 23.8 Å². The van der Waals surface area contributed by atoms with E-state index in [2.05, 4.69) is 5.32 Å². The highest BCUT2D eigenvalue weighted by Crippen LogP contribution is 2.28. The second-order valence-electron chi connectivity index (χ2n) is 4.61. The van der Waals surface area contributed by atoms with Crippen LogP contribution in [0.3, 0.4) is 0 Å². The lowest BCUT2D eigenvalue weighted by Crippen LogP contribution is -2.53. The van der Waals surface area contributed by atoms with Gasteiger partial charge >= 0.3 is 0 Å². The minimum Gasteiger partial charge on any atom is -0.493 e. The summed E-state index contributed by atoms with van der Waals surface area (Å²) in [6.07, 6.45) is 0.651. The molecule has 0 saturated carbocycles. The molecule has 2 aliphatic heterocycles. The molecule has 0 aromatic heterocycles. The first-order valence-corrected chi connectivity index (χ1v) is 7.49. The molecule has 1 aromatic rings. The van der Waals surface area contributed by atoms with Gasteiger partial charge < -0.3 is 4.74 Å². The molecule has 1 N–H and O–H groups in total. The number of piperazine rings is 1. The molecule has 0 unspecified atom stereocenters. The molecule has 2 heterocycles. The van der Waals surface area contributed by atoms with Crippen molar-refractivity contribution in [1.29, 1.82) is 0 Å². The Morgan fingerprint density at radius 2 is 1.85 bits per heavy atom. The monoisotopic (exact) mass is 296 g/mol. The van der Waals surface area contributed by atoms with Gasteiger partial charge in [0.15, 0.2) is 0 Å². The van der Waals surface area contributed by atoms with E-state index < -0.39 is 21.8 Å². The standard InChI is InChI=1S/C12H12N2O5S/c15-11-6-14(7-12(16)13-11)20(17,18)9-1-2-10-8(5-9)3-4-19-10/h1-2,5H,3-4,6-7H2,(H,13,15,16). The van der Waals surface area contributed by atoms with E-state index >= 15 is 0 Å². The van der Waals surface area contributed by atoms with Gasteiger partial charge in [0.25, 0.3) is 0 Å². The normalized spacial score (nSPS) is 19.4. The summed E-state index contributed by atoms with van der Waals surface area (Å²) in [6.45, 7) is -0.160. The molecule has 0 atom stereocenters. The molecule has 0 aliphatic carbocycles. The summed E-state index contributed by atoms with van der Waals surface area (Å²) in [5.41, 5.74) is 0.818. The van der Waals surface area contributed by atoms with Crippen molar-refractivity contribution in [3.8, 4) is 5.75 Å². The number of nitrogens with one attached hydrogen (secondary N) is 1. The molecule has 0 spiro atoms. The van der Waals surface area contributed by atoms with E-state index in [1.807, 2.05) is 0 Å². The van der Waals surface area contributed by atoms with E-state index in [9.17, 15) is 18.0 Å². The topological polar surface area (TPSA) is 92.8 Å². The molecular weight excluding hydrogens is 284 g/mol. The number of fused-ring (bicyclic) bond motifs is 1. The van der Waals surface area contributed by atoms with Crippen molar-refractivity contribution >= 4 is 21.8 Å². The van der Waals surface area contributed by atoms with Gasteiger partial charge in [0, 0.05) is 6.42 Å². The van der Waals surface area contributed by atoms with Crippen LogP contribution in [0.15, 0.2) is 23.1 Å². The van der Waals surface area contributed by atoms with Gasteiger partial charge in [0.05, 0.1) is 24.6 Å². The number of benzene rings is 1. The zero-order chi connectivity index (χ0) is 14.3. The lowest BCUT2D eigenvalue weighted by atomic mass is 10.2. The predicted molar refractivity (Wildman–Crippen MR) is 67.5 cm³/mol. The van der Waals surface area contributed by atoms with Crippen LogP contribution < -0.4 is 10.1 Å². The first-order valence-electron chi connectivity index (χ1n) is 6.05. The Balaban J connectivity index is 1.95. The summed E-state index contributed by atoms with van der Waals surface area (Å²) in [4.78, 5) is 22.7. The second kappa shape index (κ2) is 4.57. The molecular formula is C12H12N2O5S. The molecule has 1 aromatic carbocycles. The second-order valence-corrected chi connectivity index (χ2v) is 6.55. The fourth-order valence-electron chi connectivity index (χ4n) is 2.25. The van der Waals surface area contributed by atoms with Crippen molar-refractivity contribution in [2.24, 2.45) is 0 Å². The highest BCUT2D eigenvalue weighted by atomic mass is 32.2. The number of hydrogen-bond donors (Lipinski definition) is 1. The van der Waals surface area contributed by atoms with Crippen molar-refractivity contribution < 1.29 is 22.7 Å². The first kappa shape index (κ1) is 13.1. The van der Waals surface area contributed by atoms with Crippen molar-refractivity contribution in [1.82, 2.24) is 9.62 Å². The Morgan fingerprint density at radius 1 is 1.15 bits per heavy atom. The quantitative estimate of drug-likeness (QED) is 0.726. The van der Waals surface area contributed by atoms with E-state index in [0.717, 1.165) is 9.87 Å². The Labute approximate surface area is 115 Å². The molecule has 0 bridgehead atoms. The van der Waals surface area contributed by atoms with Crippen LogP contribution in [0.1, 0.15) is 5.56 Å². The van der Waals surface area contributed by atoms with Crippen molar-refractivity contribution in [3.63, 3.8) is 0 Å². The van der Waals surface area contributed by atoms with Gasteiger partial charge in [-0.25, -0.2) is 8.42 Å². The molecule has 7 nitrogen and oxygen atoms in total. The van der Waals surface area contributed by atoms with Gasteiger partial charge in [-0.15, -0.1) is 0 Å². The minimum absolute atomic E-state index is 0.0734. The number of imide groups is 1. The summed E-state index contributed by atoms with van der Waals surface area (Å²) in [7, 11) is -3.85. The van der Waals surface area contributed by atoms with E-state index in [1.54, 1.807) is 6.07 Å². The average Bonchev–Trinajstić information content (AvgIpc) is 2.84. The SMILES string of the molecule is O=C1CN(S(=O)(=O)c2ccc3c(c2)CCO3)CC(=O)N1.